The molecule has 1 aliphatic heterocycles. The lowest BCUT2D eigenvalue weighted by atomic mass is 9.91. The van der Waals surface area contributed by atoms with Crippen molar-refractivity contribution in [3.63, 3.8) is 0 Å². The Morgan fingerprint density at radius 3 is 2.39 bits per heavy atom. The van der Waals surface area contributed by atoms with Crippen molar-refractivity contribution in [1.29, 1.82) is 0 Å². The third-order valence-corrected chi connectivity index (χ3v) is 5.67. The Morgan fingerprint density at radius 1 is 1.00 bits per heavy atom. The molecule has 1 aliphatic carbocycles. The van der Waals surface area contributed by atoms with E-state index < -0.39 is 0 Å². The van der Waals surface area contributed by atoms with E-state index in [0.29, 0.717) is 5.95 Å². The van der Waals surface area contributed by atoms with Crippen LogP contribution >= 0.6 is 0 Å². The fourth-order valence-electron chi connectivity index (χ4n) is 4.04. The van der Waals surface area contributed by atoms with Gasteiger partial charge in [-0.25, -0.2) is 4.68 Å². The molecule has 2 unspecified atom stereocenters. The highest BCUT2D eigenvalue weighted by Crippen LogP contribution is 2.44. The number of benzene rings is 2. The average molecular weight is 374 g/mol. The second kappa shape index (κ2) is 6.78. The van der Waals surface area contributed by atoms with E-state index in [1.165, 1.54) is 5.56 Å². The quantitative estimate of drug-likeness (QED) is 0.698. The van der Waals surface area contributed by atoms with E-state index in [2.05, 4.69) is 22.2 Å². The zero-order valence-electron chi connectivity index (χ0n) is 15.7. The molecular weight excluding hydrogens is 352 g/mol. The lowest BCUT2D eigenvalue weighted by Gasteiger charge is -2.39. The molecule has 1 fully saturated rings. The lowest BCUT2D eigenvalue weighted by Crippen LogP contribution is -2.43. The Labute approximate surface area is 163 Å². The van der Waals surface area contributed by atoms with Gasteiger partial charge in [0.1, 0.15) is 12.1 Å². The molecule has 1 aromatic heterocycles. The van der Waals surface area contributed by atoms with Crippen molar-refractivity contribution < 1.29 is 9.53 Å². The molecule has 6 heteroatoms. The summed E-state index contributed by atoms with van der Waals surface area (Å²) in [5.74, 6) is 1.71. The van der Waals surface area contributed by atoms with Crippen LogP contribution in [-0.2, 0) is 4.79 Å². The monoisotopic (exact) mass is 374 g/mol. The first kappa shape index (κ1) is 17.0. The molecule has 0 N–H and O–H groups in total. The Bertz CT molecular complexity index is 979. The molecule has 0 radical (unpaired) electrons. The van der Waals surface area contributed by atoms with Crippen molar-refractivity contribution in [2.24, 2.45) is 5.92 Å². The summed E-state index contributed by atoms with van der Waals surface area (Å²) in [4.78, 5) is 19.5. The topological polar surface area (TPSA) is 60.2 Å². The molecule has 5 rings (SSSR count). The highest BCUT2D eigenvalue weighted by Gasteiger charge is 2.44. The van der Waals surface area contributed by atoms with E-state index in [0.717, 1.165) is 30.6 Å². The van der Waals surface area contributed by atoms with Crippen LogP contribution in [-0.4, -0.2) is 27.8 Å². The number of rotatable bonds is 4. The molecule has 142 valence electrons. The van der Waals surface area contributed by atoms with Crippen LogP contribution in [0.25, 0.3) is 0 Å². The number of methoxy groups -OCH3 is 1. The molecule has 2 aliphatic rings. The van der Waals surface area contributed by atoms with Gasteiger partial charge in [0, 0.05) is 5.92 Å². The van der Waals surface area contributed by atoms with E-state index in [1.807, 2.05) is 52.0 Å². The summed E-state index contributed by atoms with van der Waals surface area (Å²) in [7, 11) is 1.66. The van der Waals surface area contributed by atoms with Crippen molar-refractivity contribution >= 4 is 11.9 Å². The van der Waals surface area contributed by atoms with Gasteiger partial charge in [0.05, 0.1) is 19.2 Å². The molecule has 3 aromatic rings. The fourth-order valence-corrected chi connectivity index (χ4v) is 4.04. The number of hydrogen-bond acceptors (Lipinski definition) is 4. The normalized spacial score (nSPS) is 21.2. The number of fused-ring (bicyclic) bond motifs is 1. The van der Waals surface area contributed by atoms with Gasteiger partial charge >= 0.3 is 0 Å². The number of ether oxygens (including phenoxy) is 1. The van der Waals surface area contributed by atoms with E-state index in [9.17, 15) is 4.79 Å². The van der Waals surface area contributed by atoms with E-state index in [-0.39, 0.29) is 23.9 Å². The SMILES string of the molecule is COc1ccc(C2CC(c3ccccc3)n3ncnc3N2C(=O)C2CC2)cc1. The minimum absolute atomic E-state index is 0.0362. The van der Waals surface area contributed by atoms with Gasteiger partial charge in [0.25, 0.3) is 0 Å². The third kappa shape index (κ3) is 2.85. The van der Waals surface area contributed by atoms with Crippen molar-refractivity contribution in [3.8, 4) is 5.75 Å². The summed E-state index contributed by atoms with van der Waals surface area (Å²) in [5, 5.41) is 4.47. The molecule has 1 saturated carbocycles. The van der Waals surface area contributed by atoms with Gasteiger partial charge in [-0.15, -0.1) is 0 Å². The Morgan fingerprint density at radius 2 is 1.71 bits per heavy atom. The maximum atomic E-state index is 13.2. The predicted octanol–water partition coefficient (Wildman–Crippen LogP) is 3.76. The standard InChI is InChI=1S/C22H22N4O2/c1-28-18-11-9-16(10-12-18)19-13-20(15-5-3-2-4-6-15)26-22(23-14-24-26)25(19)21(27)17-7-8-17/h2-6,9-12,14,17,19-20H,7-8,13H2,1H3. The van der Waals surface area contributed by atoms with Crippen molar-refractivity contribution in [3.05, 3.63) is 72.1 Å². The first-order chi connectivity index (χ1) is 13.8. The van der Waals surface area contributed by atoms with Gasteiger partial charge in [-0.1, -0.05) is 42.5 Å². The van der Waals surface area contributed by atoms with Crippen LogP contribution in [0.2, 0.25) is 0 Å². The summed E-state index contributed by atoms with van der Waals surface area (Å²) in [6.45, 7) is 0. The van der Waals surface area contributed by atoms with Crippen LogP contribution in [0, 0.1) is 5.92 Å². The van der Waals surface area contributed by atoms with E-state index in [4.69, 9.17) is 4.74 Å². The summed E-state index contributed by atoms with van der Waals surface area (Å²) < 4.78 is 7.20. The molecule has 2 heterocycles. The van der Waals surface area contributed by atoms with Gasteiger partial charge in [-0.3, -0.25) is 9.69 Å². The Hall–Kier alpha value is -3.15. The summed E-state index contributed by atoms with van der Waals surface area (Å²) in [6, 6.07) is 18.3. The molecule has 28 heavy (non-hydrogen) atoms. The maximum Gasteiger partial charge on any atom is 0.233 e. The molecule has 1 amide bonds. The number of hydrogen-bond donors (Lipinski definition) is 0. The minimum atomic E-state index is -0.0825. The first-order valence-electron chi connectivity index (χ1n) is 9.67. The fraction of sp³-hybridized carbons (Fsp3) is 0.318. The van der Waals surface area contributed by atoms with Gasteiger partial charge in [0.15, 0.2) is 0 Å². The number of amides is 1. The molecule has 0 spiro atoms. The zero-order valence-corrected chi connectivity index (χ0v) is 15.7. The second-order valence-electron chi connectivity index (χ2n) is 7.44. The summed E-state index contributed by atoms with van der Waals surface area (Å²) in [5.41, 5.74) is 2.26. The highest BCUT2D eigenvalue weighted by atomic mass is 16.5. The maximum absolute atomic E-state index is 13.2. The van der Waals surface area contributed by atoms with Crippen LogP contribution in [0.5, 0.6) is 5.75 Å². The molecule has 0 bridgehead atoms. The van der Waals surface area contributed by atoms with Crippen LogP contribution in [0.4, 0.5) is 5.95 Å². The third-order valence-electron chi connectivity index (χ3n) is 5.67. The van der Waals surface area contributed by atoms with Crippen molar-refractivity contribution in [2.45, 2.75) is 31.3 Å². The summed E-state index contributed by atoms with van der Waals surface area (Å²) in [6.07, 6.45) is 4.22. The van der Waals surface area contributed by atoms with Crippen molar-refractivity contribution in [2.75, 3.05) is 12.0 Å². The van der Waals surface area contributed by atoms with Gasteiger partial charge in [0.2, 0.25) is 11.9 Å². The smallest absolute Gasteiger partial charge is 0.233 e. The van der Waals surface area contributed by atoms with E-state index in [1.54, 1.807) is 13.4 Å². The Kier molecular flexibility index (Phi) is 4.11. The number of nitrogens with zero attached hydrogens (tertiary/aromatic N) is 4. The number of carbonyl (C=O) groups is 1. The molecule has 0 saturated heterocycles. The molecule has 2 atom stereocenters. The largest absolute Gasteiger partial charge is 0.497 e. The number of anilines is 1. The second-order valence-corrected chi connectivity index (χ2v) is 7.44. The average Bonchev–Trinajstić information content (AvgIpc) is 3.49. The number of carbonyl (C=O) groups excluding carboxylic acids is 1. The van der Waals surface area contributed by atoms with Crippen molar-refractivity contribution in [1.82, 2.24) is 14.8 Å². The Balaban J connectivity index is 1.61. The highest BCUT2D eigenvalue weighted by molar-refractivity contribution is 5.96. The molecule has 2 aromatic carbocycles. The first-order valence-corrected chi connectivity index (χ1v) is 9.67. The predicted molar refractivity (Wildman–Crippen MR) is 105 cm³/mol. The van der Waals surface area contributed by atoms with Crippen LogP contribution < -0.4 is 9.64 Å². The molecule has 6 nitrogen and oxygen atoms in total. The van der Waals surface area contributed by atoms with Gasteiger partial charge < -0.3 is 4.74 Å². The molecular formula is C22H22N4O2. The van der Waals surface area contributed by atoms with Crippen LogP contribution in [0.15, 0.2) is 60.9 Å². The van der Waals surface area contributed by atoms with Crippen LogP contribution in [0.3, 0.4) is 0 Å². The number of aromatic nitrogens is 3. The van der Waals surface area contributed by atoms with E-state index >= 15 is 0 Å². The van der Waals surface area contributed by atoms with Gasteiger partial charge in [-0.2, -0.15) is 10.1 Å². The van der Waals surface area contributed by atoms with Gasteiger partial charge in [-0.05, 0) is 42.5 Å². The lowest BCUT2D eigenvalue weighted by molar-refractivity contribution is -0.120. The zero-order chi connectivity index (χ0) is 19.1. The summed E-state index contributed by atoms with van der Waals surface area (Å²) >= 11 is 0. The minimum Gasteiger partial charge on any atom is -0.497 e. The van der Waals surface area contributed by atoms with Crippen LogP contribution in [0.1, 0.15) is 42.5 Å².